The van der Waals surface area contributed by atoms with Crippen molar-refractivity contribution in [1.82, 2.24) is 8.61 Å². The first-order valence-corrected chi connectivity index (χ1v) is 10.1. The first-order valence-electron chi connectivity index (χ1n) is 8.72. The van der Waals surface area contributed by atoms with Gasteiger partial charge < -0.3 is 5.73 Å². The van der Waals surface area contributed by atoms with Crippen molar-refractivity contribution < 1.29 is 8.42 Å². The normalized spacial score (nSPS) is 17.9. The molecule has 0 aromatic carbocycles. The molecular formula is C16H36ClN3O2S. The van der Waals surface area contributed by atoms with Crippen LogP contribution in [0.15, 0.2) is 0 Å². The fraction of sp³-hybridized carbons (Fsp3) is 1.00. The van der Waals surface area contributed by atoms with Crippen LogP contribution in [0.5, 0.6) is 0 Å². The van der Waals surface area contributed by atoms with Gasteiger partial charge in [-0.15, -0.1) is 12.4 Å². The van der Waals surface area contributed by atoms with E-state index in [2.05, 4.69) is 27.7 Å². The zero-order valence-electron chi connectivity index (χ0n) is 15.2. The first kappa shape index (κ1) is 23.1. The monoisotopic (exact) mass is 369 g/mol. The van der Waals surface area contributed by atoms with Crippen LogP contribution < -0.4 is 5.73 Å². The highest BCUT2D eigenvalue weighted by molar-refractivity contribution is 7.86. The minimum Gasteiger partial charge on any atom is -0.330 e. The number of nitrogens with two attached hydrogens (primary N) is 1. The van der Waals surface area contributed by atoms with Gasteiger partial charge in [0.1, 0.15) is 0 Å². The molecule has 0 aromatic heterocycles. The molecule has 140 valence electrons. The van der Waals surface area contributed by atoms with Crippen molar-refractivity contribution in [3.63, 3.8) is 0 Å². The van der Waals surface area contributed by atoms with Gasteiger partial charge in [-0.05, 0) is 50.0 Å². The first-order chi connectivity index (χ1) is 10.3. The number of hydrogen-bond acceptors (Lipinski definition) is 3. The molecule has 23 heavy (non-hydrogen) atoms. The van der Waals surface area contributed by atoms with E-state index in [-0.39, 0.29) is 12.4 Å². The molecule has 0 aliphatic carbocycles. The van der Waals surface area contributed by atoms with Crippen molar-refractivity contribution >= 4 is 22.6 Å². The molecule has 1 saturated heterocycles. The fourth-order valence-electron chi connectivity index (χ4n) is 2.69. The number of hydrogen-bond donors (Lipinski definition) is 1. The summed E-state index contributed by atoms with van der Waals surface area (Å²) >= 11 is 0. The summed E-state index contributed by atoms with van der Waals surface area (Å²) in [5.74, 6) is 1.51. The lowest BCUT2D eigenvalue weighted by Gasteiger charge is -2.35. The molecule has 0 atom stereocenters. The minimum absolute atomic E-state index is 0. The average molecular weight is 370 g/mol. The smallest absolute Gasteiger partial charge is 0.281 e. The highest BCUT2D eigenvalue weighted by atomic mass is 35.5. The number of rotatable bonds is 9. The van der Waals surface area contributed by atoms with E-state index in [1.54, 1.807) is 8.61 Å². The molecule has 1 heterocycles. The van der Waals surface area contributed by atoms with Gasteiger partial charge in [-0.1, -0.05) is 27.7 Å². The van der Waals surface area contributed by atoms with E-state index < -0.39 is 10.2 Å². The van der Waals surface area contributed by atoms with Gasteiger partial charge in [0.15, 0.2) is 0 Å². The average Bonchev–Trinajstić information content (AvgIpc) is 2.46. The number of nitrogens with zero attached hydrogens (tertiary/aromatic N) is 2. The van der Waals surface area contributed by atoms with Crippen LogP contribution in [0.3, 0.4) is 0 Å². The highest BCUT2D eigenvalue weighted by Crippen LogP contribution is 2.22. The molecule has 2 N–H and O–H groups in total. The standard InChI is InChI=1S/C16H35N3O2S.ClH/c1-14(2)5-9-18(10-6-15(3)4)22(20,21)19-11-7-16(13-17)8-12-19;/h14-16H,5-13,17H2,1-4H3;1H. The van der Waals surface area contributed by atoms with Gasteiger partial charge in [0.25, 0.3) is 10.2 Å². The second-order valence-corrected chi connectivity index (χ2v) is 9.28. The van der Waals surface area contributed by atoms with Crippen LogP contribution in [0.2, 0.25) is 0 Å². The zero-order valence-corrected chi connectivity index (χ0v) is 16.8. The second kappa shape index (κ2) is 10.9. The summed E-state index contributed by atoms with van der Waals surface area (Å²) in [5.41, 5.74) is 5.70. The van der Waals surface area contributed by atoms with Crippen LogP contribution in [0.1, 0.15) is 53.4 Å². The van der Waals surface area contributed by atoms with Crippen LogP contribution in [0, 0.1) is 17.8 Å². The molecule has 0 spiro atoms. The maximum atomic E-state index is 12.9. The Morgan fingerprint density at radius 1 is 1.04 bits per heavy atom. The molecule has 0 saturated carbocycles. The van der Waals surface area contributed by atoms with Crippen molar-refractivity contribution in [3.8, 4) is 0 Å². The highest BCUT2D eigenvalue weighted by Gasteiger charge is 2.32. The third-order valence-corrected chi connectivity index (χ3v) is 6.51. The van der Waals surface area contributed by atoms with Crippen LogP contribution >= 0.6 is 12.4 Å². The molecule has 5 nitrogen and oxygen atoms in total. The van der Waals surface area contributed by atoms with Crippen LogP contribution in [0.4, 0.5) is 0 Å². The van der Waals surface area contributed by atoms with Crippen molar-refractivity contribution in [2.45, 2.75) is 53.4 Å². The van der Waals surface area contributed by atoms with Crippen molar-refractivity contribution in [3.05, 3.63) is 0 Å². The van der Waals surface area contributed by atoms with Crippen molar-refractivity contribution in [2.75, 3.05) is 32.7 Å². The van der Waals surface area contributed by atoms with E-state index in [9.17, 15) is 8.42 Å². The molecule has 0 amide bonds. The van der Waals surface area contributed by atoms with Gasteiger partial charge in [-0.2, -0.15) is 17.0 Å². The van der Waals surface area contributed by atoms with Gasteiger partial charge in [-0.25, -0.2) is 0 Å². The summed E-state index contributed by atoms with van der Waals surface area (Å²) in [4.78, 5) is 0. The topological polar surface area (TPSA) is 66.6 Å². The number of piperidine rings is 1. The number of halogens is 1. The lowest BCUT2D eigenvalue weighted by molar-refractivity contribution is 0.251. The molecule has 1 aliphatic rings. The molecule has 0 radical (unpaired) electrons. The summed E-state index contributed by atoms with van der Waals surface area (Å²) in [7, 11) is -3.32. The molecule has 1 aliphatic heterocycles. The summed E-state index contributed by atoms with van der Waals surface area (Å²) in [5, 5.41) is 0. The Hall–Kier alpha value is 0.120. The van der Waals surface area contributed by atoms with E-state index in [1.165, 1.54) is 0 Å². The van der Waals surface area contributed by atoms with E-state index in [1.807, 2.05) is 0 Å². The molecule has 1 fully saturated rings. The summed E-state index contributed by atoms with van der Waals surface area (Å²) in [6.45, 7) is 11.7. The quantitative estimate of drug-likeness (QED) is 0.679. The third-order valence-electron chi connectivity index (χ3n) is 4.47. The van der Waals surface area contributed by atoms with Crippen LogP contribution in [-0.4, -0.2) is 49.8 Å². The molecular weight excluding hydrogens is 334 g/mol. The van der Waals surface area contributed by atoms with Gasteiger partial charge in [0, 0.05) is 26.2 Å². The summed E-state index contributed by atoms with van der Waals surface area (Å²) < 4.78 is 29.2. The Morgan fingerprint density at radius 2 is 1.48 bits per heavy atom. The molecule has 1 rings (SSSR count). The predicted octanol–water partition coefficient (Wildman–Crippen LogP) is 2.72. The molecule has 0 aromatic rings. The van der Waals surface area contributed by atoms with Gasteiger partial charge in [-0.3, -0.25) is 0 Å². The minimum atomic E-state index is -3.32. The second-order valence-electron chi connectivity index (χ2n) is 7.35. The van der Waals surface area contributed by atoms with Crippen LogP contribution in [-0.2, 0) is 10.2 Å². The Balaban J connectivity index is 0.00000484. The molecule has 0 unspecified atom stereocenters. The van der Waals surface area contributed by atoms with Gasteiger partial charge in [0.2, 0.25) is 0 Å². The summed E-state index contributed by atoms with van der Waals surface area (Å²) in [6.07, 6.45) is 3.60. The fourth-order valence-corrected chi connectivity index (χ4v) is 4.36. The molecule has 7 heteroatoms. The molecule has 0 bridgehead atoms. The van der Waals surface area contributed by atoms with Crippen molar-refractivity contribution in [2.24, 2.45) is 23.5 Å². The van der Waals surface area contributed by atoms with E-state index >= 15 is 0 Å². The SMILES string of the molecule is CC(C)CCN(CCC(C)C)S(=O)(=O)N1CCC(CN)CC1.Cl. The lowest BCUT2D eigenvalue weighted by atomic mass is 9.99. The van der Waals surface area contributed by atoms with Crippen molar-refractivity contribution in [1.29, 1.82) is 0 Å². The largest absolute Gasteiger partial charge is 0.330 e. The summed E-state index contributed by atoms with van der Waals surface area (Å²) in [6, 6.07) is 0. The van der Waals surface area contributed by atoms with Crippen LogP contribution in [0.25, 0.3) is 0 Å². The van der Waals surface area contributed by atoms with Gasteiger partial charge in [0.05, 0.1) is 0 Å². The van der Waals surface area contributed by atoms with E-state index in [0.717, 1.165) is 25.7 Å². The van der Waals surface area contributed by atoms with E-state index in [4.69, 9.17) is 5.73 Å². The van der Waals surface area contributed by atoms with Gasteiger partial charge >= 0.3 is 0 Å². The Morgan fingerprint density at radius 3 is 1.83 bits per heavy atom. The predicted molar refractivity (Wildman–Crippen MR) is 100 cm³/mol. The Kier molecular flexibility index (Phi) is 10.9. The lowest BCUT2D eigenvalue weighted by Crippen LogP contribution is -2.48. The van der Waals surface area contributed by atoms with E-state index in [0.29, 0.717) is 50.5 Å². The zero-order chi connectivity index (χ0) is 16.8. The maximum absolute atomic E-state index is 12.9. The Bertz CT molecular complexity index is 396. The third kappa shape index (κ3) is 7.69. The Labute approximate surface area is 149 Å². The maximum Gasteiger partial charge on any atom is 0.281 e.